The van der Waals surface area contributed by atoms with Gasteiger partial charge in [0.1, 0.15) is 18.4 Å². The minimum Gasteiger partial charge on any atom is -0.497 e. The number of likely N-dealkylation sites (tertiary alicyclic amines) is 1. The zero-order valence-electron chi connectivity index (χ0n) is 14.3. The second kappa shape index (κ2) is 6.84. The highest BCUT2D eigenvalue weighted by molar-refractivity contribution is 5.77. The summed E-state index contributed by atoms with van der Waals surface area (Å²) in [5, 5.41) is 7.55. The third-order valence-electron chi connectivity index (χ3n) is 5.36. The van der Waals surface area contributed by atoms with Crippen LogP contribution in [0.2, 0.25) is 0 Å². The fourth-order valence-electron chi connectivity index (χ4n) is 4.11. The number of benzene rings is 1. The van der Waals surface area contributed by atoms with Crippen LogP contribution in [0.3, 0.4) is 0 Å². The molecule has 25 heavy (non-hydrogen) atoms. The Morgan fingerprint density at radius 2 is 2.16 bits per heavy atom. The first kappa shape index (κ1) is 16.1. The van der Waals surface area contributed by atoms with Gasteiger partial charge in [0, 0.05) is 32.0 Å². The summed E-state index contributed by atoms with van der Waals surface area (Å²) in [4.78, 5) is 18.9. The van der Waals surface area contributed by atoms with Crippen molar-refractivity contribution in [2.75, 3.05) is 26.7 Å². The quantitative estimate of drug-likeness (QED) is 0.882. The summed E-state index contributed by atoms with van der Waals surface area (Å²) in [6, 6.07) is 8.25. The van der Waals surface area contributed by atoms with Gasteiger partial charge < -0.3 is 15.0 Å². The van der Waals surface area contributed by atoms with E-state index in [0.29, 0.717) is 24.8 Å². The Kier molecular flexibility index (Phi) is 4.40. The van der Waals surface area contributed by atoms with E-state index in [0.717, 1.165) is 25.4 Å². The van der Waals surface area contributed by atoms with Gasteiger partial charge in [0.25, 0.3) is 0 Å². The van der Waals surface area contributed by atoms with Crippen LogP contribution < -0.4 is 10.1 Å². The minimum absolute atomic E-state index is 0.133. The van der Waals surface area contributed by atoms with Gasteiger partial charge >= 0.3 is 0 Å². The lowest BCUT2D eigenvalue weighted by atomic mass is 9.89. The lowest BCUT2D eigenvalue weighted by Gasteiger charge is -2.28. The van der Waals surface area contributed by atoms with Crippen LogP contribution in [0, 0.1) is 11.8 Å². The van der Waals surface area contributed by atoms with E-state index in [4.69, 9.17) is 4.74 Å². The molecule has 4 rings (SSSR count). The predicted molar refractivity (Wildman–Crippen MR) is 91.9 cm³/mol. The summed E-state index contributed by atoms with van der Waals surface area (Å²) in [6.45, 7) is 3.35. The molecule has 0 saturated carbocycles. The van der Waals surface area contributed by atoms with E-state index in [9.17, 15) is 4.79 Å². The van der Waals surface area contributed by atoms with Crippen LogP contribution in [0.5, 0.6) is 5.75 Å². The number of fused-ring (bicyclic) bond motifs is 1. The molecule has 0 radical (unpaired) electrons. The van der Waals surface area contributed by atoms with Crippen LogP contribution >= 0.6 is 0 Å². The van der Waals surface area contributed by atoms with E-state index in [1.165, 1.54) is 11.9 Å². The van der Waals surface area contributed by atoms with E-state index in [1.54, 1.807) is 18.1 Å². The Bertz CT molecular complexity index is 716. The molecule has 0 spiro atoms. The molecule has 2 aromatic rings. The largest absolute Gasteiger partial charge is 0.497 e. The molecule has 7 nitrogen and oxygen atoms in total. The van der Waals surface area contributed by atoms with Crippen molar-refractivity contribution >= 4 is 5.91 Å². The third-order valence-corrected chi connectivity index (χ3v) is 5.36. The van der Waals surface area contributed by atoms with Gasteiger partial charge in [-0.05, 0) is 23.6 Å². The van der Waals surface area contributed by atoms with Crippen LogP contribution in [0.1, 0.15) is 18.0 Å². The fourth-order valence-corrected chi connectivity index (χ4v) is 4.11. The van der Waals surface area contributed by atoms with Crippen molar-refractivity contribution in [1.29, 1.82) is 0 Å². The maximum atomic E-state index is 12.9. The van der Waals surface area contributed by atoms with Gasteiger partial charge in [-0.1, -0.05) is 12.1 Å². The van der Waals surface area contributed by atoms with Crippen molar-refractivity contribution < 1.29 is 9.53 Å². The summed E-state index contributed by atoms with van der Waals surface area (Å²) in [7, 11) is 1.67. The van der Waals surface area contributed by atoms with Gasteiger partial charge in [-0.25, -0.2) is 4.98 Å². The summed E-state index contributed by atoms with van der Waals surface area (Å²) in [5.41, 5.74) is 1.19. The molecular formula is C18H23N5O2. The molecule has 1 N–H and O–H groups in total. The summed E-state index contributed by atoms with van der Waals surface area (Å²) in [5.74, 6) is 2.03. The van der Waals surface area contributed by atoms with Crippen molar-refractivity contribution in [2.45, 2.75) is 19.0 Å². The zero-order chi connectivity index (χ0) is 17.2. The molecule has 3 heterocycles. The lowest BCUT2D eigenvalue weighted by molar-refractivity contribution is -0.133. The smallest absolute Gasteiger partial charge is 0.224 e. The highest BCUT2D eigenvalue weighted by atomic mass is 16.5. The van der Waals surface area contributed by atoms with Crippen molar-refractivity contribution in [3.8, 4) is 5.75 Å². The maximum Gasteiger partial charge on any atom is 0.224 e. The number of hydrogen-bond donors (Lipinski definition) is 1. The molecule has 2 fully saturated rings. The van der Waals surface area contributed by atoms with Crippen molar-refractivity contribution in [3.05, 3.63) is 42.5 Å². The Morgan fingerprint density at radius 3 is 2.88 bits per heavy atom. The van der Waals surface area contributed by atoms with Crippen molar-refractivity contribution in [3.63, 3.8) is 0 Å². The number of rotatable bonds is 5. The monoisotopic (exact) mass is 341 g/mol. The summed E-state index contributed by atoms with van der Waals surface area (Å²) >= 11 is 0. The first-order chi connectivity index (χ1) is 12.3. The third kappa shape index (κ3) is 3.11. The Balaban J connectivity index is 1.53. The van der Waals surface area contributed by atoms with Gasteiger partial charge in [0.2, 0.25) is 5.91 Å². The average Bonchev–Trinajstić information content (AvgIpc) is 3.36. The van der Waals surface area contributed by atoms with Crippen LogP contribution in [0.4, 0.5) is 0 Å². The second-order valence-corrected chi connectivity index (χ2v) is 6.75. The molecule has 132 valence electrons. The molecule has 2 aliphatic rings. The van der Waals surface area contributed by atoms with Gasteiger partial charge in [-0.3, -0.25) is 9.48 Å². The van der Waals surface area contributed by atoms with Gasteiger partial charge in [0.05, 0.1) is 19.7 Å². The SMILES string of the molecule is COc1ccc([C@H]2[C@H]3CNC[C@H]3CN2C(=O)CCn2cncn2)cc1. The topological polar surface area (TPSA) is 72.3 Å². The van der Waals surface area contributed by atoms with E-state index in [2.05, 4.69) is 32.4 Å². The molecule has 0 unspecified atom stereocenters. The molecule has 0 aliphatic carbocycles. The molecule has 2 aliphatic heterocycles. The Hall–Kier alpha value is -2.41. The van der Waals surface area contributed by atoms with Gasteiger partial charge in [-0.15, -0.1) is 0 Å². The second-order valence-electron chi connectivity index (χ2n) is 6.75. The first-order valence-corrected chi connectivity index (χ1v) is 8.73. The number of carbonyl (C=O) groups is 1. The molecule has 2 saturated heterocycles. The first-order valence-electron chi connectivity index (χ1n) is 8.73. The number of methoxy groups -OCH3 is 1. The number of aryl methyl sites for hydroxylation is 1. The number of amides is 1. The number of aromatic nitrogens is 3. The Labute approximate surface area is 147 Å². The standard InChI is InChI=1S/C18H23N5O2/c1-25-15-4-2-13(3-5-15)18-16-9-19-8-14(16)10-23(18)17(24)6-7-22-12-20-11-21-22/h2-5,11-12,14,16,18-19H,6-10H2,1H3/t14-,16-,18-/m0/s1. The number of hydrogen-bond acceptors (Lipinski definition) is 5. The molecule has 1 aromatic heterocycles. The van der Waals surface area contributed by atoms with Crippen LogP contribution in [-0.2, 0) is 11.3 Å². The normalized spacial score (nSPS) is 25.2. The highest BCUT2D eigenvalue weighted by Crippen LogP contribution is 2.43. The molecule has 3 atom stereocenters. The molecule has 7 heteroatoms. The number of nitrogens with one attached hydrogen (secondary N) is 1. The lowest BCUT2D eigenvalue weighted by Crippen LogP contribution is -2.35. The predicted octanol–water partition coefficient (Wildman–Crippen LogP) is 1.10. The highest BCUT2D eigenvalue weighted by Gasteiger charge is 2.46. The minimum atomic E-state index is 0.133. The number of carbonyl (C=O) groups excluding carboxylic acids is 1. The van der Waals surface area contributed by atoms with E-state index in [-0.39, 0.29) is 11.9 Å². The molecule has 0 bridgehead atoms. The Morgan fingerprint density at radius 1 is 1.32 bits per heavy atom. The number of nitrogens with zero attached hydrogens (tertiary/aromatic N) is 4. The summed E-state index contributed by atoms with van der Waals surface area (Å²) < 4.78 is 6.97. The van der Waals surface area contributed by atoms with Gasteiger partial charge in [-0.2, -0.15) is 5.10 Å². The molecule has 1 aromatic carbocycles. The maximum absolute atomic E-state index is 12.9. The van der Waals surface area contributed by atoms with Crippen molar-refractivity contribution in [1.82, 2.24) is 25.0 Å². The molecule has 1 amide bonds. The van der Waals surface area contributed by atoms with Gasteiger partial charge in [0.15, 0.2) is 0 Å². The van der Waals surface area contributed by atoms with E-state index >= 15 is 0 Å². The molecular weight excluding hydrogens is 318 g/mol. The zero-order valence-corrected chi connectivity index (χ0v) is 14.3. The van der Waals surface area contributed by atoms with E-state index < -0.39 is 0 Å². The van der Waals surface area contributed by atoms with Crippen molar-refractivity contribution in [2.24, 2.45) is 11.8 Å². The fraction of sp³-hybridized carbons (Fsp3) is 0.500. The summed E-state index contributed by atoms with van der Waals surface area (Å²) in [6.07, 6.45) is 3.59. The van der Waals surface area contributed by atoms with E-state index in [1.807, 2.05) is 12.1 Å². The van der Waals surface area contributed by atoms with Crippen LogP contribution in [0.15, 0.2) is 36.9 Å². The van der Waals surface area contributed by atoms with Crippen LogP contribution in [0.25, 0.3) is 0 Å². The number of ether oxygens (including phenoxy) is 1. The average molecular weight is 341 g/mol. The van der Waals surface area contributed by atoms with Crippen LogP contribution in [-0.4, -0.2) is 52.3 Å².